The van der Waals surface area contributed by atoms with E-state index in [4.69, 9.17) is 0 Å². The zero-order valence-electron chi connectivity index (χ0n) is 17.1. The van der Waals surface area contributed by atoms with E-state index in [2.05, 4.69) is 48.7 Å². The fraction of sp³-hybridized carbons (Fsp3) is 0.364. The zero-order valence-corrected chi connectivity index (χ0v) is 17.1. The summed E-state index contributed by atoms with van der Waals surface area (Å²) < 4.78 is 0. The highest BCUT2D eigenvalue weighted by Crippen LogP contribution is 2.24. The average Bonchev–Trinajstić information content (AvgIpc) is 3.22. The molecule has 1 amide bonds. The second-order valence-electron chi connectivity index (χ2n) is 7.50. The molecule has 3 aromatic rings. The maximum absolute atomic E-state index is 12.0. The van der Waals surface area contributed by atoms with E-state index in [1.807, 2.05) is 32.2 Å². The zero-order chi connectivity index (χ0) is 20.4. The monoisotopic (exact) mass is 390 g/mol. The molecule has 1 aromatic carbocycles. The minimum Gasteiger partial charge on any atom is -0.355 e. The number of aromatic nitrogens is 3. The van der Waals surface area contributed by atoms with Crippen molar-refractivity contribution in [3.63, 3.8) is 0 Å². The van der Waals surface area contributed by atoms with Gasteiger partial charge in [0.05, 0.1) is 5.69 Å². The average molecular weight is 390 g/mol. The van der Waals surface area contributed by atoms with Crippen LogP contribution in [0.4, 0.5) is 5.82 Å². The van der Waals surface area contributed by atoms with Crippen molar-refractivity contribution in [2.24, 2.45) is 0 Å². The Hall–Kier alpha value is -3.06. The quantitative estimate of drug-likeness (QED) is 0.696. The van der Waals surface area contributed by atoms with Crippen LogP contribution in [0.2, 0.25) is 0 Å². The summed E-state index contributed by atoms with van der Waals surface area (Å²) in [6.07, 6.45) is 2.95. The van der Waals surface area contributed by atoms with Crippen LogP contribution < -0.4 is 15.5 Å². The topological polar surface area (TPSA) is 83.0 Å². The van der Waals surface area contributed by atoms with E-state index >= 15 is 0 Å². The summed E-state index contributed by atoms with van der Waals surface area (Å²) in [6.45, 7) is 6.40. The van der Waals surface area contributed by atoms with Crippen LogP contribution in [0.1, 0.15) is 34.0 Å². The number of carbonyl (C=O) groups excluding carboxylic acids is 1. The fourth-order valence-corrected chi connectivity index (χ4v) is 3.73. The Labute approximate surface area is 170 Å². The Morgan fingerprint density at radius 1 is 1.21 bits per heavy atom. The molecule has 1 atom stereocenters. The molecule has 0 radical (unpaired) electrons. The van der Waals surface area contributed by atoms with Crippen LogP contribution in [-0.2, 0) is 6.54 Å². The Bertz CT molecular complexity index is 1050. The molecular formula is C22H26N6O. The van der Waals surface area contributed by atoms with Gasteiger partial charge in [0, 0.05) is 55.6 Å². The summed E-state index contributed by atoms with van der Waals surface area (Å²) in [5.41, 5.74) is 2.90. The number of rotatable bonds is 5. The lowest BCUT2D eigenvalue weighted by Gasteiger charge is -2.21. The molecule has 2 N–H and O–H groups in total. The normalized spacial score (nSPS) is 16.4. The van der Waals surface area contributed by atoms with Gasteiger partial charge in [0.25, 0.3) is 5.91 Å². The van der Waals surface area contributed by atoms with Gasteiger partial charge in [-0.1, -0.05) is 24.3 Å². The van der Waals surface area contributed by atoms with E-state index in [0.29, 0.717) is 6.04 Å². The van der Waals surface area contributed by atoms with Crippen LogP contribution in [0, 0.1) is 13.8 Å². The molecule has 150 valence electrons. The van der Waals surface area contributed by atoms with Crippen molar-refractivity contribution < 1.29 is 4.79 Å². The molecule has 4 rings (SSSR count). The minimum atomic E-state index is -0.259. The standard InChI is InChI=1S/C22H26N6O/c1-14-15(2)26-20(22(29)23-3)27-21(14)28-9-8-18(13-28)25-12-19-10-16-6-4-5-7-17(16)11-24-19/h4-7,10-11,18,25H,8-9,12-13H2,1-3H3,(H,23,29)/t18-/m1/s1. The third-order valence-electron chi connectivity index (χ3n) is 5.54. The van der Waals surface area contributed by atoms with Crippen LogP contribution in [0.15, 0.2) is 36.5 Å². The van der Waals surface area contributed by atoms with E-state index < -0.39 is 0 Å². The molecule has 29 heavy (non-hydrogen) atoms. The molecule has 0 saturated carbocycles. The van der Waals surface area contributed by atoms with Crippen molar-refractivity contribution in [1.29, 1.82) is 0 Å². The maximum Gasteiger partial charge on any atom is 0.288 e. The first-order valence-corrected chi connectivity index (χ1v) is 9.94. The number of benzene rings is 1. The number of aryl methyl sites for hydroxylation is 1. The first-order chi connectivity index (χ1) is 14.0. The van der Waals surface area contributed by atoms with Crippen LogP contribution in [0.5, 0.6) is 0 Å². The molecule has 3 heterocycles. The van der Waals surface area contributed by atoms with Crippen LogP contribution in [0.25, 0.3) is 10.8 Å². The van der Waals surface area contributed by atoms with Gasteiger partial charge in [-0.3, -0.25) is 9.78 Å². The summed E-state index contributed by atoms with van der Waals surface area (Å²) >= 11 is 0. The highest BCUT2D eigenvalue weighted by molar-refractivity contribution is 5.90. The van der Waals surface area contributed by atoms with E-state index in [1.165, 1.54) is 5.39 Å². The first-order valence-electron chi connectivity index (χ1n) is 9.94. The molecule has 0 aliphatic carbocycles. The number of anilines is 1. The Morgan fingerprint density at radius 2 is 2.00 bits per heavy atom. The molecule has 2 aromatic heterocycles. The van der Waals surface area contributed by atoms with Gasteiger partial charge in [0.1, 0.15) is 5.82 Å². The molecule has 0 unspecified atom stereocenters. The Balaban J connectivity index is 1.43. The van der Waals surface area contributed by atoms with Gasteiger partial charge < -0.3 is 15.5 Å². The Kier molecular flexibility index (Phi) is 5.40. The van der Waals surface area contributed by atoms with Gasteiger partial charge in [-0.15, -0.1) is 0 Å². The lowest BCUT2D eigenvalue weighted by Crippen LogP contribution is -2.33. The summed E-state index contributed by atoms with van der Waals surface area (Å²) in [4.78, 5) is 27.7. The molecule has 7 heteroatoms. The predicted molar refractivity (Wildman–Crippen MR) is 114 cm³/mol. The molecule has 1 aliphatic rings. The largest absolute Gasteiger partial charge is 0.355 e. The van der Waals surface area contributed by atoms with Crippen LogP contribution in [0.3, 0.4) is 0 Å². The van der Waals surface area contributed by atoms with E-state index in [-0.39, 0.29) is 11.7 Å². The molecule has 1 saturated heterocycles. The molecule has 1 aliphatic heterocycles. The number of pyridine rings is 1. The number of nitrogens with one attached hydrogen (secondary N) is 2. The van der Waals surface area contributed by atoms with Crippen molar-refractivity contribution in [2.75, 3.05) is 25.0 Å². The molecule has 1 fully saturated rings. The second-order valence-corrected chi connectivity index (χ2v) is 7.50. The maximum atomic E-state index is 12.0. The number of fused-ring (bicyclic) bond motifs is 1. The van der Waals surface area contributed by atoms with Crippen molar-refractivity contribution in [1.82, 2.24) is 25.6 Å². The highest BCUT2D eigenvalue weighted by atomic mass is 16.2. The third kappa shape index (κ3) is 4.05. The summed E-state index contributed by atoms with van der Waals surface area (Å²) in [7, 11) is 1.59. The fourth-order valence-electron chi connectivity index (χ4n) is 3.73. The number of hydrogen-bond donors (Lipinski definition) is 2. The molecule has 7 nitrogen and oxygen atoms in total. The molecule has 0 bridgehead atoms. The Morgan fingerprint density at radius 3 is 2.79 bits per heavy atom. The van der Waals surface area contributed by atoms with E-state index in [9.17, 15) is 4.79 Å². The van der Waals surface area contributed by atoms with Crippen molar-refractivity contribution >= 4 is 22.5 Å². The molecule has 0 spiro atoms. The smallest absolute Gasteiger partial charge is 0.288 e. The van der Waals surface area contributed by atoms with Gasteiger partial charge >= 0.3 is 0 Å². The summed E-state index contributed by atoms with van der Waals surface area (Å²) in [6, 6.07) is 10.8. The number of carbonyl (C=O) groups is 1. The number of nitrogens with zero attached hydrogens (tertiary/aromatic N) is 4. The van der Waals surface area contributed by atoms with Crippen molar-refractivity contribution in [2.45, 2.75) is 32.9 Å². The number of amides is 1. The van der Waals surface area contributed by atoms with Gasteiger partial charge in [0.2, 0.25) is 5.82 Å². The van der Waals surface area contributed by atoms with Gasteiger partial charge in [-0.25, -0.2) is 9.97 Å². The summed E-state index contributed by atoms with van der Waals surface area (Å²) in [5, 5.41) is 8.59. The number of hydrogen-bond acceptors (Lipinski definition) is 6. The van der Waals surface area contributed by atoms with E-state index in [0.717, 1.165) is 54.2 Å². The highest BCUT2D eigenvalue weighted by Gasteiger charge is 2.26. The van der Waals surface area contributed by atoms with Gasteiger partial charge in [-0.05, 0) is 31.7 Å². The SMILES string of the molecule is CNC(=O)c1nc(C)c(C)c(N2CC[C@@H](NCc3cc4ccccc4cn3)C2)n1. The molecular weight excluding hydrogens is 364 g/mol. The van der Waals surface area contributed by atoms with Crippen LogP contribution >= 0.6 is 0 Å². The predicted octanol–water partition coefficient (Wildman–Crippen LogP) is 2.37. The van der Waals surface area contributed by atoms with Gasteiger partial charge in [-0.2, -0.15) is 0 Å². The minimum absolute atomic E-state index is 0.224. The van der Waals surface area contributed by atoms with Crippen molar-refractivity contribution in [3.05, 3.63) is 59.3 Å². The third-order valence-corrected chi connectivity index (χ3v) is 5.54. The lowest BCUT2D eigenvalue weighted by atomic mass is 10.1. The van der Waals surface area contributed by atoms with Crippen molar-refractivity contribution in [3.8, 4) is 0 Å². The van der Waals surface area contributed by atoms with Crippen LogP contribution in [-0.4, -0.2) is 47.0 Å². The second kappa shape index (κ2) is 8.13. The summed E-state index contributed by atoms with van der Waals surface area (Å²) in [5.74, 6) is 0.817. The first kappa shape index (κ1) is 19.3. The van der Waals surface area contributed by atoms with E-state index in [1.54, 1.807) is 7.05 Å². The lowest BCUT2D eigenvalue weighted by molar-refractivity contribution is 0.0952. The van der Waals surface area contributed by atoms with Gasteiger partial charge in [0.15, 0.2) is 0 Å².